The van der Waals surface area contributed by atoms with E-state index in [-0.39, 0.29) is 24.0 Å². The minimum atomic E-state index is 0. The fraction of sp³-hybridized carbons (Fsp3) is 0.471. The second kappa shape index (κ2) is 10.9. The molecule has 7 nitrogen and oxygen atoms in total. The molecule has 2 rings (SSSR count). The van der Waals surface area contributed by atoms with Gasteiger partial charge in [-0.15, -0.1) is 24.0 Å². The predicted molar refractivity (Wildman–Crippen MR) is 113 cm³/mol. The number of rotatable bonds is 7. The highest BCUT2D eigenvalue weighted by molar-refractivity contribution is 14.0. The molecular formula is C17H28IN7. The molecule has 0 saturated carbocycles. The number of hydrogen-bond donors (Lipinski definition) is 3. The van der Waals surface area contributed by atoms with E-state index in [1.165, 1.54) is 0 Å². The molecule has 0 aliphatic heterocycles. The quantitative estimate of drug-likeness (QED) is 0.338. The lowest BCUT2D eigenvalue weighted by atomic mass is 10.0. The van der Waals surface area contributed by atoms with Crippen molar-refractivity contribution < 1.29 is 0 Å². The van der Waals surface area contributed by atoms with Crippen LogP contribution < -0.4 is 16.0 Å². The van der Waals surface area contributed by atoms with Crippen LogP contribution in [0.4, 0.5) is 5.69 Å². The van der Waals surface area contributed by atoms with E-state index < -0.39 is 0 Å². The van der Waals surface area contributed by atoms with E-state index in [0.717, 1.165) is 24.0 Å². The van der Waals surface area contributed by atoms with E-state index >= 15 is 0 Å². The third-order valence-corrected chi connectivity index (χ3v) is 3.86. The van der Waals surface area contributed by atoms with Crippen LogP contribution in [0.5, 0.6) is 0 Å². The lowest BCUT2D eigenvalue weighted by Gasteiger charge is -2.25. The topological polar surface area (TPSA) is 79.2 Å². The summed E-state index contributed by atoms with van der Waals surface area (Å²) in [7, 11) is 3.64. The van der Waals surface area contributed by atoms with Crippen LogP contribution in [-0.4, -0.2) is 40.4 Å². The van der Waals surface area contributed by atoms with Gasteiger partial charge in [0.15, 0.2) is 5.96 Å². The SMILES string of the molecule is CN=C(NCc1ncnn1C)NCC(Nc1ccccc1)C(C)C.I. The van der Waals surface area contributed by atoms with Gasteiger partial charge in [-0.3, -0.25) is 9.67 Å². The van der Waals surface area contributed by atoms with Crippen molar-refractivity contribution in [2.45, 2.75) is 26.4 Å². The molecule has 0 aliphatic rings. The monoisotopic (exact) mass is 457 g/mol. The van der Waals surface area contributed by atoms with E-state index in [1.807, 2.05) is 25.2 Å². The summed E-state index contributed by atoms with van der Waals surface area (Å²) < 4.78 is 1.74. The number of aryl methyl sites for hydroxylation is 1. The molecule has 0 bridgehead atoms. The maximum absolute atomic E-state index is 4.26. The molecule has 1 atom stereocenters. The molecule has 25 heavy (non-hydrogen) atoms. The molecule has 0 fully saturated rings. The van der Waals surface area contributed by atoms with Crippen LogP contribution in [0.1, 0.15) is 19.7 Å². The zero-order valence-corrected chi connectivity index (χ0v) is 17.6. The van der Waals surface area contributed by atoms with Gasteiger partial charge in [0.25, 0.3) is 0 Å². The van der Waals surface area contributed by atoms with E-state index in [2.05, 4.69) is 57.0 Å². The Balaban J connectivity index is 0.00000312. The van der Waals surface area contributed by atoms with Crippen molar-refractivity contribution in [1.29, 1.82) is 0 Å². The first-order chi connectivity index (χ1) is 11.6. The summed E-state index contributed by atoms with van der Waals surface area (Å²) in [4.78, 5) is 8.46. The summed E-state index contributed by atoms with van der Waals surface area (Å²) in [5.74, 6) is 2.09. The number of nitrogens with one attached hydrogen (secondary N) is 3. The van der Waals surface area contributed by atoms with Gasteiger partial charge in [-0.25, -0.2) is 4.98 Å². The number of benzene rings is 1. The summed E-state index contributed by atoms with van der Waals surface area (Å²) in [5.41, 5.74) is 1.13. The molecule has 1 unspecified atom stereocenters. The molecule has 0 spiro atoms. The van der Waals surface area contributed by atoms with Gasteiger partial charge in [-0.1, -0.05) is 32.0 Å². The van der Waals surface area contributed by atoms with Gasteiger partial charge in [-0.2, -0.15) is 5.10 Å². The molecule has 0 saturated heterocycles. The van der Waals surface area contributed by atoms with Crippen molar-refractivity contribution in [3.63, 3.8) is 0 Å². The molecule has 1 heterocycles. The van der Waals surface area contributed by atoms with Crippen molar-refractivity contribution in [2.24, 2.45) is 18.0 Å². The number of hydrogen-bond acceptors (Lipinski definition) is 4. The van der Waals surface area contributed by atoms with Crippen LogP contribution in [0.15, 0.2) is 41.7 Å². The Morgan fingerprint density at radius 1 is 1.20 bits per heavy atom. The number of aromatic nitrogens is 3. The van der Waals surface area contributed by atoms with Crippen LogP contribution in [0.3, 0.4) is 0 Å². The Kier molecular flexibility index (Phi) is 9.25. The minimum absolute atomic E-state index is 0. The molecule has 2 aromatic rings. The van der Waals surface area contributed by atoms with Gasteiger partial charge in [0.05, 0.1) is 6.54 Å². The first-order valence-corrected chi connectivity index (χ1v) is 8.19. The minimum Gasteiger partial charge on any atom is -0.380 e. The standard InChI is InChI=1S/C17H27N7.HI/c1-13(2)15(23-14-8-6-5-7-9-14)10-19-17(18-3)20-11-16-21-12-22-24(16)4;/h5-9,12-13,15,23H,10-11H2,1-4H3,(H2,18,19,20);1H. The van der Waals surface area contributed by atoms with Gasteiger partial charge in [0.1, 0.15) is 12.2 Å². The number of para-hydroxylation sites is 1. The van der Waals surface area contributed by atoms with E-state index in [9.17, 15) is 0 Å². The van der Waals surface area contributed by atoms with Gasteiger partial charge >= 0.3 is 0 Å². The fourth-order valence-corrected chi connectivity index (χ4v) is 2.27. The maximum Gasteiger partial charge on any atom is 0.191 e. The molecule has 0 amide bonds. The predicted octanol–water partition coefficient (Wildman–Crippen LogP) is 2.23. The normalized spacial score (nSPS) is 12.4. The Morgan fingerprint density at radius 2 is 1.92 bits per heavy atom. The Bertz CT molecular complexity index is 639. The summed E-state index contributed by atoms with van der Waals surface area (Å²) >= 11 is 0. The van der Waals surface area contributed by atoms with Crippen LogP contribution in [-0.2, 0) is 13.6 Å². The molecule has 3 N–H and O–H groups in total. The Morgan fingerprint density at radius 3 is 2.48 bits per heavy atom. The third-order valence-electron chi connectivity index (χ3n) is 3.86. The Labute approximate surface area is 166 Å². The number of halogens is 1. The maximum atomic E-state index is 4.26. The lowest BCUT2D eigenvalue weighted by molar-refractivity contribution is 0.512. The zero-order valence-electron chi connectivity index (χ0n) is 15.2. The van der Waals surface area contributed by atoms with E-state index in [0.29, 0.717) is 18.5 Å². The van der Waals surface area contributed by atoms with Crippen molar-refractivity contribution in [2.75, 3.05) is 18.9 Å². The first-order valence-electron chi connectivity index (χ1n) is 8.19. The zero-order chi connectivity index (χ0) is 17.4. The summed E-state index contributed by atoms with van der Waals surface area (Å²) in [6.07, 6.45) is 1.55. The van der Waals surface area contributed by atoms with Gasteiger partial charge in [0.2, 0.25) is 0 Å². The smallest absolute Gasteiger partial charge is 0.191 e. The molecule has 1 aromatic heterocycles. The molecular weight excluding hydrogens is 429 g/mol. The van der Waals surface area contributed by atoms with Gasteiger partial charge in [-0.05, 0) is 18.1 Å². The van der Waals surface area contributed by atoms with Crippen LogP contribution in [0.2, 0.25) is 0 Å². The van der Waals surface area contributed by atoms with Crippen molar-refractivity contribution in [3.05, 3.63) is 42.5 Å². The lowest BCUT2D eigenvalue weighted by Crippen LogP contribution is -2.44. The van der Waals surface area contributed by atoms with Crippen molar-refractivity contribution in [3.8, 4) is 0 Å². The van der Waals surface area contributed by atoms with Crippen LogP contribution in [0.25, 0.3) is 0 Å². The van der Waals surface area contributed by atoms with Gasteiger partial charge in [0, 0.05) is 32.4 Å². The summed E-state index contributed by atoms with van der Waals surface area (Å²) in [6.45, 7) is 5.76. The molecule has 1 aromatic carbocycles. The molecule has 138 valence electrons. The van der Waals surface area contributed by atoms with E-state index in [4.69, 9.17) is 0 Å². The molecule has 0 radical (unpaired) electrons. The average Bonchev–Trinajstić information content (AvgIpc) is 2.99. The van der Waals surface area contributed by atoms with Crippen LogP contribution >= 0.6 is 24.0 Å². The average molecular weight is 457 g/mol. The van der Waals surface area contributed by atoms with Crippen molar-refractivity contribution in [1.82, 2.24) is 25.4 Å². The molecule has 8 heteroatoms. The largest absolute Gasteiger partial charge is 0.380 e. The summed E-state index contributed by atoms with van der Waals surface area (Å²) in [6, 6.07) is 10.5. The second-order valence-electron chi connectivity index (χ2n) is 5.97. The second-order valence-corrected chi connectivity index (χ2v) is 5.97. The highest BCUT2D eigenvalue weighted by Gasteiger charge is 2.14. The third kappa shape index (κ3) is 6.89. The number of aliphatic imine (C=N–C) groups is 1. The number of nitrogens with zero attached hydrogens (tertiary/aromatic N) is 4. The Hall–Kier alpha value is -1.84. The van der Waals surface area contributed by atoms with Gasteiger partial charge < -0.3 is 16.0 Å². The highest BCUT2D eigenvalue weighted by Crippen LogP contribution is 2.11. The van der Waals surface area contributed by atoms with Crippen molar-refractivity contribution >= 4 is 35.6 Å². The fourth-order valence-electron chi connectivity index (χ4n) is 2.27. The summed E-state index contributed by atoms with van der Waals surface area (Å²) in [5, 5.41) is 14.3. The number of anilines is 1. The van der Waals surface area contributed by atoms with E-state index in [1.54, 1.807) is 18.1 Å². The first kappa shape index (κ1) is 21.2. The molecule has 0 aliphatic carbocycles. The highest BCUT2D eigenvalue weighted by atomic mass is 127. The van der Waals surface area contributed by atoms with Crippen LogP contribution in [0, 0.1) is 5.92 Å². The number of guanidine groups is 1.